The molecule has 0 amide bonds. The Bertz CT molecular complexity index is 947. The summed E-state index contributed by atoms with van der Waals surface area (Å²) in [6, 6.07) is 0. The molecule has 34 heavy (non-hydrogen) atoms. The minimum Gasteiger partial charge on any atom is -0.466 e. The lowest BCUT2D eigenvalue weighted by Crippen LogP contribution is -2.68. The Morgan fingerprint density at radius 1 is 1.18 bits per heavy atom. The van der Waals surface area contributed by atoms with Gasteiger partial charge in [-0.05, 0) is 26.3 Å². The third kappa shape index (κ3) is 4.58. The van der Waals surface area contributed by atoms with Gasteiger partial charge in [0.15, 0.2) is 0 Å². The predicted molar refractivity (Wildman–Crippen MR) is 113 cm³/mol. The molecule has 0 bridgehead atoms. The first-order valence-corrected chi connectivity index (χ1v) is 10.7. The van der Waals surface area contributed by atoms with E-state index in [1.807, 2.05) is 0 Å². The number of aromatic nitrogens is 2. The highest BCUT2D eigenvalue weighted by molar-refractivity contribution is 5.86. The van der Waals surface area contributed by atoms with Gasteiger partial charge in [-0.1, -0.05) is 0 Å². The van der Waals surface area contributed by atoms with Crippen molar-refractivity contribution in [1.82, 2.24) is 9.55 Å². The first kappa shape index (κ1) is 25.8. The van der Waals surface area contributed by atoms with E-state index in [9.17, 15) is 14.4 Å². The quantitative estimate of drug-likeness (QED) is 0.332. The molecule has 2 heterocycles. The molecule has 1 aliphatic carbocycles. The van der Waals surface area contributed by atoms with Gasteiger partial charge in [-0.25, -0.2) is 23.9 Å². The molecule has 1 saturated carbocycles. The monoisotopic (exact) mass is 482 g/mol. The lowest BCUT2D eigenvalue weighted by Gasteiger charge is -2.55. The van der Waals surface area contributed by atoms with Crippen LogP contribution in [0.5, 0.6) is 0 Å². The number of carbonyl (C=O) groups excluding carboxylic acids is 3. The number of rotatable bonds is 6. The second-order valence-electron chi connectivity index (χ2n) is 8.17. The maximum Gasteiger partial charge on any atom is 0.420 e. The van der Waals surface area contributed by atoms with Crippen LogP contribution in [0.2, 0.25) is 0 Å². The van der Waals surface area contributed by atoms with Crippen molar-refractivity contribution in [2.75, 3.05) is 27.9 Å². The number of imidazole rings is 1. The molecule has 1 aliphatic heterocycles. The van der Waals surface area contributed by atoms with Gasteiger partial charge in [0.1, 0.15) is 12.4 Å². The minimum atomic E-state index is -1.82. The standard InChI is InChI=1S/C22H30N2O10/c1-7-31-16(25)10-14-11-22(18(26)28-4,34-19(27)24-9-8-23-13-24)12-15-17(14)33-21(3,30-6)20(2,29-5)32-15/h8-10,13,15,17H,7,11-12H2,1-6H3/b14-10+/t15-,17-,20+,21+,22+/m1/s1. The fourth-order valence-corrected chi connectivity index (χ4v) is 4.16. The van der Waals surface area contributed by atoms with Crippen molar-refractivity contribution >= 4 is 18.0 Å². The Labute approximate surface area is 197 Å². The number of nitrogens with zero attached hydrogens (tertiary/aromatic N) is 2. The highest BCUT2D eigenvalue weighted by Gasteiger charge is 2.63. The van der Waals surface area contributed by atoms with Crippen LogP contribution in [-0.2, 0) is 42.7 Å². The van der Waals surface area contributed by atoms with Crippen molar-refractivity contribution in [1.29, 1.82) is 0 Å². The average Bonchev–Trinajstić information content (AvgIpc) is 3.35. The van der Waals surface area contributed by atoms with E-state index < -0.39 is 47.4 Å². The van der Waals surface area contributed by atoms with Gasteiger partial charge in [0, 0.05) is 45.5 Å². The fourth-order valence-electron chi connectivity index (χ4n) is 4.16. The van der Waals surface area contributed by atoms with Crippen LogP contribution in [0.1, 0.15) is 33.6 Å². The summed E-state index contributed by atoms with van der Waals surface area (Å²) in [5.41, 5.74) is -1.52. The van der Waals surface area contributed by atoms with Crippen molar-refractivity contribution in [3.8, 4) is 0 Å². The number of ether oxygens (including phenoxy) is 7. The summed E-state index contributed by atoms with van der Waals surface area (Å²) >= 11 is 0. The molecule has 12 nitrogen and oxygen atoms in total. The average molecular weight is 482 g/mol. The van der Waals surface area contributed by atoms with Crippen LogP contribution in [0.25, 0.3) is 0 Å². The zero-order valence-electron chi connectivity index (χ0n) is 20.1. The highest BCUT2D eigenvalue weighted by atomic mass is 16.8. The van der Waals surface area contributed by atoms with Gasteiger partial charge < -0.3 is 33.2 Å². The SMILES string of the molecule is CCOC(=O)/C=C1\C[C@@](OC(=O)n2ccnc2)(C(=O)OC)C[C@H]2O[C@](C)(OC)[C@@](C)(OC)O[C@H]12. The smallest absolute Gasteiger partial charge is 0.420 e. The lowest BCUT2D eigenvalue weighted by atomic mass is 9.76. The van der Waals surface area contributed by atoms with Gasteiger partial charge >= 0.3 is 18.0 Å². The maximum atomic E-state index is 13.0. The molecule has 1 aromatic rings. The van der Waals surface area contributed by atoms with E-state index in [2.05, 4.69) is 4.98 Å². The Hall–Kier alpha value is -2.80. The molecule has 0 N–H and O–H groups in total. The molecule has 2 aliphatic rings. The van der Waals surface area contributed by atoms with Crippen LogP contribution < -0.4 is 0 Å². The molecular weight excluding hydrogens is 452 g/mol. The van der Waals surface area contributed by atoms with Crippen molar-refractivity contribution in [3.05, 3.63) is 30.4 Å². The van der Waals surface area contributed by atoms with Crippen LogP contribution in [-0.4, -0.2) is 84.9 Å². The third-order valence-electron chi connectivity index (χ3n) is 6.20. The minimum absolute atomic E-state index is 0.135. The Kier molecular flexibility index (Phi) is 7.46. The van der Waals surface area contributed by atoms with Crippen LogP contribution in [0.4, 0.5) is 4.79 Å². The second-order valence-corrected chi connectivity index (χ2v) is 8.17. The Balaban J connectivity index is 2.07. The Morgan fingerprint density at radius 3 is 2.41 bits per heavy atom. The van der Waals surface area contributed by atoms with E-state index in [4.69, 9.17) is 33.2 Å². The fraction of sp³-hybridized carbons (Fsp3) is 0.636. The third-order valence-corrected chi connectivity index (χ3v) is 6.20. The van der Waals surface area contributed by atoms with Gasteiger partial charge in [-0.3, -0.25) is 0 Å². The van der Waals surface area contributed by atoms with E-state index in [0.717, 1.165) is 4.57 Å². The summed E-state index contributed by atoms with van der Waals surface area (Å²) < 4.78 is 40.4. The number of hydrogen-bond acceptors (Lipinski definition) is 11. The normalized spacial score (nSPS) is 34.2. The van der Waals surface area contributed by atoms with Gasteiger partial charge in [-0.15, -0.1) is 0 Å². The summed E-state index contributed by atoms with van der Waals surface area (Å²) in [5, 5.41) is 0. The molecule has 1 saturated heterocycles. The molecule has 0 aromatic carbocycles. The predicted octanol–water partition coefficient (Wildman–Crippen LogP) is 1.57. The molecule has 3 rings (SSSR count). The molecule has 12 heteroatoms. The van der Waals surface area contributed by atoms with Crippen LogP contribution in [0.3, 0.4) is 0 Å². The first-order valence-electron chi connectivity index (χ1n) is 10.7. The lowest BCUT2D eigenvalue weighted by molar-refractivity contribution is -0.448. The number of methoxy groups -OCH3 is 3. The van der Waals surface area contributed by atoms with Crippen LogP contribution >= 0.6 is 0 Å². The summed E-state index contributed by atoms with van der Waals surface area (Å²) in [6.45, 7) is 5.06. The van der Waals surface area contributed by atoms with E-state index >= 15 is 0 Å². The van der Waals surface area contributed by atoms with Crippen LogP contribution in [0, 0.1) is 0 Å². The summed E-state index contributed by atoms with van der Waals surface area (Å²) in [4.78, 5) is 42.0. The number of carbonyl (C=O) groups is 3. The molecule has 0 unspecified atom stereocenters. The van der Waals surface area contributed by atoms with E-state index in [-0.39, 0.29) is 19.4 Å². The number of fused-ring (bicyclic) bond motifs is 1. The van der Waals surface area contributed by atoms with Gasteiger partial charge in [0.05, 0.1) is 19.8 Å². The molecule has 0 spiro atoms. The molecule has 188 valence electrons. The molecule has 0 radical (unpaired) electrons. The molecule has 5 atom stereocenters. The van der Waals surface area contributed by atoms with Gasteiger partial charge in [0.25, 0.3) is 0 Å². The van der Waals surface area contributed by atoms with Crippen molar-refractivity contribution < 1.29 is 47.5 Å². The molecule has 2 fully saturated rings. The van der Waals surface area contributed by atoms with Crippen LogP contribution in [0.15, 0.2) is 30.4 Å². The van der Waals surface area contributed by atoms with Gasteiger partial charge in [-0.2, -0.15) is 0 Å². The first-order chi connectivity index (χ1) is 16.1. The van der Waals surface area contributed by atoms with E-state index in [1.165, 1.54) is 46.1 Å². The summed E-state index contributed by atoms with van der Waals surface area (Å²) in [6.07, 6.45) is 2.31. The Morgan fingerprint density at radius 2 is 1.85 bits per heavy atom. The number of esters is 2. The van der Waals surface area contributed by atoms with E-state index in [0.29, 0.717) is 5.57 Å². The molecule has 1 aromatic heterocycles. The largest absolute Gasteiger partial charge is 0.466 e. The van der Waals surface area contributed by atoms with Crippen molar-refractivity contribution in [3.63, 3.8) is 0 Å². The van der Waals surface area contributed by atoms with Gasteiger partial charge in [0.2, 0.25) is 17.2 Å². The zero-order chi connectivity index (χ0) is 25.1. The second kappa shape index (κ2) is 9.82. The van der Waals surface area contributed by atoms with E-state index in [1.54, 1.807) is 20.8 Å². The van der Waals surface area contributed by atoms with Crippen molar-refractivity contribution in [2.24, 2.45) is 0 Å². The topological polar surface area (TPSA) is 134 Å². The zero-order valence-corrected chi connectivity index (χ0v) is 20.1. The maximum absolute atomic E-state index is 13.0. The summed E-state index contributed by atoms with van der Waals surface area (Å²) in [7, 11) is 4.03. The summed E-state index contributed by atoms with van der Waals surface area (Å²) in [5.74, 6) is -4.24. The van der Waals surface area contributed by atoms with Crippen molar-refractivity contribution in [2.45, 2.75) is 63.0 Å². The molecular formula is C22H30N2O10. The number of hydrogen-bond donors (Lipinski definition) is 0. The highest BCUT2D eigenvalue weighted by Crippen LogP contribution is 2.48.